The van der Waals surface area contributed by atoms with Crippen molar-refractivity contribution in [1.29, 1.82) is 0 Å². The highest BCUT2D eigenvalue weighted by Gasteiger charge is 2.24. The number of oxazole rings is 6. The van der Waals surface area contributed by atoms with E-state index in [1.807, 2.05) is 14.1 Å². The smallest absolute Gasteiger partial charge is 0.273 e. The van der Waals surface area contributed by atoms with Gasteiger partial charge in [0.05, 0.1) is 19.0 Å². The summed E-state index contributed by atoms with van der Waals surface area (Å²) in [4.78, 5) is 53.5. The monoisotopic (exact) mass is 598 g/mol. The number of allylic oxidation sites excluding steroid dienone is 1. The zero-order valence-corrected chi connectivity index (χ0v) is 23.2. The van der Waals surface area contributed by atoms with Gasteiger partial charge < -0.3 is 36.7 Å². The van der Waals surface area contributed by atoms with Crippen LogP contribution in [-0.2, 0) is 11.3 Å². The minimum atomic E-state index is -0.538. The summed E-state index contributed by atoms with van der Waals surface area (Å²) in [5.41, 5.74) is 1.64. The molecule has 12 bridgehead atoms. The van der Waals surface area contributed by atoms with Crippen molar-refractivity contribution in [2.75, 3.05) is 20.6 Å². The second-order valence-corrected chi connectivity index (χ2v) is 10.0. The molecule has 1 aliphatic heterocycles. The second-order valence-electron chi connectivity index (χ2n) is 10.0. The number of rotatable bonds is 4. The molecule has 16 nitrogen and oxygen atoms in total. The molecule has 1 aliphatic rings. The van der Waals surface area contributed by atoms with Gasteiger partial charge in [0.1, 0.15) is 49.1 Å². The fraction of sp³-hybridized carbons (Fsp3) is 0.214. The van der Waals surface area contributed by atoms with Crippen LogP contribution in [0.1, 0.15) is 40.3 Å². The molecule has 7 rings (SSSR count). The lowest BCUT2D eigenvalue weighted by Crippen LogP contribution is -2.23. The molecule has 0 aromatic carbocycles. The van der Waals surface area contributed by atoms with E-state index in [1.165, 1.54) is 37.6 Å². The number of nitrogens with zero attached hydrogens (tertiary/aromatic N) is 7. The molecule has 1 N–H and O–H groups in total. The zero-order chi connectivity index (χ0) is 30.2. The van der Waals surface area contributed by atoms with Crippen molar-refractivity contribution >= 4 is 17.8 Å². The van der Waals surface area contributed by atoms with Gasteiger partial charge in [-0.25, -0.2) is 29.9 Å². The fourth-order valence-corrected chi connectivity index (χ4v) is 4.36. The number of carbonyl (C=O) groups is 2. The zero-order valence-electron chi connectivity index (χ0n) is 23.2. The molecule has 0 radical (unpaired) electrons. The molecular weight excluding hydrogens is 576 g/mol. The summed E-state index contributed by atoms with van der Waals surface area (Å²) < 4.78 is 33.4. The van der Waals surface area contributed by atoms with Crippen LogP contribution in [0.15, 0.2) is 70.2 Å². The van der Waals surface area contributed by atoms with E-state index in [0.29, 0.717) is 22.8 Å². The van der Waals surface area contributed by atoms with Crippen LogP contribution >= 0.6 is 0 Å². The Balaban J connectivity index is 1.25. The molecule has 1 amide bonds. The predicted molar refractivity (Wildman–Crippen MR) is 146 cm³/mol. The highest BCUT2D eigenvalue weighted by atomic mass is 16.4. The number of ketones is 1. The molecule has 1 atom stereocenters. The summed E-state index contributed by atoms with van der Waals surface area (Å²) in [5.74, 6) is -0.0527. The number of carbonyl (C=O) groups excluding carboxylic acids is 2. The number of Topliss-reactive ketones (excluding diaryl/α,β-unsaturated/α-hetero) is 1. The summed E-state index contributed by atoms with van der Waals surface area (Å²) in [7, 11) is 3.63. The van der Waals surface area contributed by atoms with Gasteiger partial charge in [0.2, 0.25) is 35.3 Å². The third-order valence-corrected chi connectivity index (χ3v) is 6.37. The van der Waals surface area contributed by atoms with Gasteiger partial charge in [0.25, 0.3) is 5.91 Å². The van der Waals surface area contributed by atoms with Crippen molar-refractivity contribution < 1.29 is 36.1 Å². The number of hydrogen-bond acceptors (Lipinski definition) is 15. The maximum atomic E-state index is 12.8. The van der Waals surface area contributed by atoms with Crippen LogP contribution in [0, 0.1) is 0 Å². The number of nitrogens with one attached hydrogen (secondary N) is 1. The largest absolute Gasteiger partial charge is 0.447 e. The molecule has 222 valence electrons. The normalized spacial score (nSPS) is 14.9. The van der Waals surface area contributed by atoms with E-state index in [1.54, 1.807) is 17.1 Å². The molecule has 0 saturated carbocycles. The third-order valence-electron chi connectivity index (χ3n) is 6.37. The van der Waals surface area contributed by atoms with Gasteiger partial charge in [0.15, 0.2) is 28.5 Å². The van der Waals surface area contributed by atoms with Crippen molar-refractivity contribution in [2.45, 2.75) is 18.9 Å². The van der Waals surface area contributed by atoms with Crippen molar-refractivity contribution in [2.24, 2.45) is 0 Å². The maximum Gasteiger partial charge on any atom is 0.273 e. The molecule has 0 fully saturated rings. The number of amides is 1. The summed E-state index contributed by atoms with van der Waals surface area (Å²) >= 11 is 0. The Bertz CT molecular complexity index is 1990. The maximum absolute atomic E-state index is 12.8. The average molecular weight is 599 g/mol. The van der Waals surface area contributed by atoms with E-state index >= 15 is 0 Å². The standard InChI is InChI=1S/C28H22N8O8/c1-36(2)7-16(37)5-14-3-4-15-8-40-25(30-15)19-12-43-26(34-19)18-10-39-22(31-18)6-29-23(38)17-9-42-27(32-17)21-13-44-28(35-21)20-11-41-24(14)33-20/h3-4,8-14H,5-7H2,1-2H3,(H,29,38). The Morgan fingerprint density at radius 3 is 2.05 bits per heavy atom. The molecule has 16 heteroatoms. The van der Waals surface area contributed by atoms with Crippen LogP contribution in [0.2, 0.25) is 0 Å². The first-order valence-electron chi connectivity index (χ1n) is 13.2. The number of hydrogen-bond donors (Lipinski definition) is 1. The molecule has 44 heavy (non-hydrogen) atoms. The predicted octanol–water partition coefficient (Wildman–Crippen LogP) is 3.84. The third kappa shape index (κ3) is 5.48. The van der Waals surface area contributed by atoms with E-state index in [4.69, 9.17) is 26.5 Å². The molecule has 0 saturated heterocycles. The van der Waals surface area contributed by atoms with Crippen molar-refractivity contribution in [3.63, 3.8) is 0 Å². The van der Waals surface area contributed by atoms with E-state index in [-0.39, 0.29) is 72.0 Å². The number of fused-ring (bicyclic) bond motifs is 16. The molecule has 0 spiro atoms. The van der Waals surface area contributed by atoms with Crippen LogP contribution in [-0.4, -0.2) is 67.1 Å². The van der Waals surface area contributed by atoms with E-state index < -0.39 is 11.8 Å². The topological polar surface area (TPSA) is 206 Å². The number of likely N-dealkylation sites (N-methyl/N-ethyl adjacent to an activating group) is 1. The Morgan fingerprint density at radius 2 is 1.32 bits per heavy atom. The highest BCUT2D eigenvalue weighted by Crippen LogP contribution is 2.29. The Morgan fingerprint density at radius 1 is 0.750 bits per heavy atom. The molecule has 7 heterocycles. The van der Waals surface area contributed by atoms with Gasteiger partial charge in [-0.2, -0.15) is 0 Å². The molecule has 6 aromatic heterocycles. The molecular formula is C28H22N8O8. The van der Waals surface area contributed by atoms with Crippen LogP contribution in [0.25, 0.3) is 52.4 Å². The minimum absolute atomic E-state index is 0.00851. The molecule has 1 unspecified atom stereocenters. The van der Waals surface area contributed by atoms with Crippen LogP contribution < -0.4 is 5.32 Å². The first-order chi connectivity index (χ1) is 21.4. The molecule has 6 aromatic rings. The van der Waals surface area contributed by atoms with Crippen LogP contribution in [0.4, 0.5) is 0 Å². The van der Waals surface area contributed by atoms with Gasteiger partial charge in [0, 0.05) is 6.42 Å². The second kappa shape index (κ2) is 11.1. The summed E-state index contributed by atoms with van der Waals surface area (Å²) in [5, 5.41) is 2.66. The SMILES string of the molecule is CN(C)CC(=O)CC1C=Cc2coc(n2)-c2coc(n2)-c2coc(n2)CNC(=O)c2coc(n2)-c2coc(n2)-c2coc1n2. The summed E-state index contributed by atoms with van der Waals surface area (Å²) in [6.07, 6.45) is 11.6. The first kappa shape index (κ1) is 27.0. The van der Waals surface area contributed by atoms with Crippen LogP contribution in [0.3, 0.4) is 0 Å². The van der Waals surface area contributed by atoms with Crippen molar-refractivity contribution in [3.8, 4) is 46.3 Å². The summed E-state index contributed by atoms with van der Waals surface area (Å²) in [6.45, 7) is 0.209. The van der Waals surface area contributed by atoms with Crippen molar-refractivity contribution in [3.05, 3.63) is 66.8 Å². The first-order valence-corrected chi connectivity index (χ1v) is 13.2. The van der Waals surface area contributed by atoms with Gasteiger partial charge >= 0.3 is 0 Å². The van der Waals surface area contributed by atoms with E-state index in [2.05, 4.69) is 35.2 Å². The summed E-state index contributed by atoms with van der Waals surface area (Å²) in [6, 6.07) is 0. The lowest BCUT2D eigenvalue weighted by atomic mass is 10.0. The Labute approximate surface area is 246 Å². The van der Waals surface area contributed by atoms with Gasteiger partial charge in [-0.3, -0.25) is 9.59 Å². The van der Waals surface area contributed by atoms with Gasteiger partial charge in [-0.05, 0) is 20.2 Å². The van der Waals surface area contributed by atoms with Crippen molar-refractivity contribution in [1.82, 2.24) is 40.1 Å². The van der Waals surface area contributed by atoms with Crippen LogP contribution in [0.5, 0.6) is 0 Å². The lowest BCUT2D eigenvalue weighted by Gasteiger charge is -2.11. The highest BCUT2D eigenvalue weighted by molar-refractivity contribution is 5.92. The lowest BCUT2D eigenvalue weighted by molar-refractivity contribution is -0.119. The Hall–Kier alpha value is -5.90. The number of aromatic nitrogens is 6. The quantitative estimate of drug-likeness (QED) is 0.306. The molecule has 0 aliphatic carbocycles. The minimum Gasteiger partial charge on any atom is -0.447 e. The van der Waals surface area contributed by atoms with Gasteiger partial charge in [-0.1, -0.05) is 6.08 Å². The average Bonchev–Trinajstić information content (AvgIpc) is 3.83. The van der Waals surface area contributed by atoms with E-state index in [9.17, 15) is 9.59 Å². The Kier molecular flexibility index (Phi) is 6.78. The van der Waals surface area contributed by atoms with Gasteiger partial charge in [-0.15, -0.1) is 0 Å². The van der Waals surface area contributed by atoms with E-state index in [0.717, 1.165) is 0 Å². The fourth-order valence-electron chi connectivity index (χ4n) is 4.36.